The summed E-state index contributed by atoms with van der Waals surface area (Å²) < 4.78 is 1.01. The molecule has 5 heteroatoms. The van der Waals surface area contributed by atoms with Crippen molar-refractivity contribution in [3.8, 4) is 0 Å². The molecule has 0 bridgehead atoms. The molecule has 4 N–H and O–H groups in total. The van der Waals surface area contributed by atoms with Crippen molar-refractivity contribution in [2.24, 2.45) is 10.8 Å². The lowest BCUT2D eigenvalue weighted by atomic mass is 10.2. The zero-order chi connectivity index (χ0) is 13.7. The molecular weight excluding hydrogens is 304 g/mol. The van der Waals surface area contributed by atoms with Gasteiger partial charge in [-0.1, -0.05) is 34.1 Å². The van der Waals surface area contributed by atoms with Crippen LogP contribution in [0.3, 0.4) is 0 Å². The molecule has 98 valence electrons. The summed E-state index contributed by atoms with van der Waals surface area (Å²) in [5, 5.41) is 3.14. The van der Waals surface area contributed by atoms with Crippen LogP contribution in [0.5, 0.6) is 0 Å². The van der Waals surface area contributed by atoms with Crippen LogP contribution in [0.2, 0.25) is 0 Å². The SMILES string of the molecule is Cc1cc(Br)cc(NC(=Nc2ccccc2)NN)c1. The van der Waals surface area contributed by atoms with Crippen LogP contribution in [-0.2, 0) is 0 Å². The van der Waals surface area contributed by atoms with E-state index in [1.807, 2.05) is 55.5 Å². The van der Waals surface area contributed by atoms with Crippen LogP contribution < -0.4 is 16.6 Å². The number of nitrogens with zero attached hydrogens (tertiary/aromatic N) is 1. The molecule has 0 unspecified atom stereocenters. The minimum atomic E-state index is 0.490. The smallest absolute Gasteiger partial charge is 0.215 e. The summed E-state index contributed by atoms with van der Waals surface area (Å²) in [5.74, 6) is 5.98. The number of benzene rings is 2. The van der Waals surface area contributed by atoms with E-state index in [0.29, 0.717) is 5.96 Å². The molecule has 0 saturated carbocycles. The number of nitrogens with one attached hydrogen (secondary N) is 2. The Kier molecular flexibility index (Phi) is 4.54. The Balaban J connectivity index is 2.21. The van der Waals surface area contributed by atoms with Gasteiger partial charge in [0.2, 0.25) is 5.96 Å². The van der Waals surface area contributed by atoms with Crippen LogP contribution in [0.4, 0.5) is 11.4 Å². The van der Waals surface area contributed by atoms with E-state index < -0.39 is 0 Å². The third kappa shape index (κ3) is 4.08. The fourth-order valence-electron chi connectivity index (χ4n) is 1.67. The van der Waals surface area contributed by atoms with Crippen molar-refractivity contribution >= 4 is 33.3 Å². The molecule has 0 heterocycles. The van der Waals surface area contributed by atoms with Crippen molar-refractivity contribution in [3.05, 3.63) is 58.6 Å². The van der Waals surface area contributed by atoms with Crippen molar-refractivity contribution in [2.75, 3.05) is 5.32 Å². The maximum absolute atomic E-state index is 5.49. The molecule has 0 aliphatic heterocycles. The van der Waals surface area contributed by atoms with Gasteiger partial charge in [0.1, 0.15) is 0 Å². The molecule has 2 rings (SSSR count). The Hall–Kier alpha value is -1.85. The van der Waals surface area contributed by atoms with Crippen molar-refractivity contribution in [1.82, 2.24) is 5.43 Å². The maximum Gasteiger partial charge on any atom is 0.215 e. The van der Waals surface area contributed by atoms with Crippen LogP contribution in [0.15, 0.2) is 58.0 Å². The zero-order valence-corrected chi connectivity index (χ0v) is 12.1. The molecule has 19 heavy (non-hydrogen) atoms. The Bertz CT molecular complexity index is 561. The predicted molar refractivity (Wildman–Crippen MR) is 83.4 cm³/mol. The first kappa shape index (κ1) is 13.6. The normalized spacial score (nSPS) is 11.2. The highest BCUT2D eigenvalue weighted by Gasteiger charge is 2.01. The Labute approximate surface area is 120 Å². The highest BCUT2D eigenvalue weighted by atomic mass is 79.9. The van der Waals surface area contributed by atoms with Crippen LogP contribution in [0.25, 0.3) is 0 Å². The van der Waals surface area contributed by atoms with E-state index in [-0.39, 0.29) is 0 Å². The molecule has 0 aliphatic rings. The second-order valence-corrected chi connectivity index (χ2v) is 5.00. The molecule has 0 amide bonds. The summed E-state index contributed by atoms with van der Waals surface area (Å²) in [6, 6.07) is 15.6. The van der Waals surface area contributed by atoms with Gasteiger partial charge in [0, 0.05) is 10.2 Å². The van der Waals surface area contributed by atoms with Crippen LogP contribution >= 0.6 is 15.9 Å². The molecule has 0 saturated heterocycles. The number of hydrogen-bond donors (Lipinski definition) is 3. The van der Waals surface area contributed by atoms with E-state index in [1.54, 1.807) is 0 Å². The third-order valence-corrected chi connectivity index (χ3v) is 2.90. The van der Waals surface area contributed by atoms with Gasteiger partial charge in [-0.3, -0.25) is 5.43 Å². The van der Waals surface area contributed by atoms with E-state index in [0.717, 1.165) is 21.4 Å². The predicted octanol–water partition coefficient (Wildman–Crippen LogP) is 3.32. The lowest BCUT2D eigenvalue weighted by Gasteiger charge is -2.10. The monoisotopic (exact) mass is 318 g/mol. The minimum Gasteiger partial charge on any atom is -0.325 e. The molecule has 0 radical (unpaired) electrons. The number of guanidine groups is 1. The number of halogens is 1. The summed E-state index contributed by atoms with van der Waals surface area (Å²) >= 11 is 3.46. The second-order valence-electron chi connectivity index (χ2n) is 4.08. The molecule has 0 spiro atoms. The quantitative estimate of drug-likeness (QED) is 0.344. The minimum absolute atomic E-state index is 0.490. The molecule has 2 aromatic carbocycles. The Morgan fingerprint density at radius 2 is 1.89 bits per heavy atom. The highest BCUT2D eigenvalue weighted by Crippen LogP contribution is 2.19. The fourth-order valence-corrected chi connectivity index (χ4v) is 2.28. The lowest BCUT2D eigenvalue weighted by Crippen LogP contribution is -2.36. The second kappa shape index (κ2) is 6.36. The maximum atomic E-state index is 5.49. The van der Waals surface area contributed by atoms with Gasteiger partial charge in [-0.15, -0.1) is 0 Å². The summed E-state index contributed by atoms with van der Waals surface area (Å²) in [6.45, 7) is 2.03. The van der Waals surface area contributed by atoms with Gasteiger partial charge in [0.05, 0.1) is 5.69 Å². The highest BCUT2D eigenvalue weighted by molar-refractivity contribution is 9.10. The molecule has 0 aliphatic carbocycles. The zero-order valence-electron chi connectivity index (χ0n) is 10.5. The van der Waals surface area contributed by atoms with Crippen LogP contribution in [-0.4, -0.2) is 5.96 Å². The van der Waals surface area contributed by atoms with E-state index in [4.69, 9.17) is 5.84 Å². The van der Waals surface area contributed by atoms with Crippen molar-refractivity contribution < 1.29 is 0 Å². The summed E-state index contributed by atoms with van der Waals surface area (Å²) in [4.78, 5) is 4.39. The van der Waals surface area contributed by atoms with Gasteiger partial charge in [0.25, 0.3) is 0 Å². The average Bonchev–Trinajstić information content (AvgIpc) is 2.38. The van der Waals surface area contributed by atoms with E-state index >= 15 is 0 Å². The molecular formula is C14H15BrN4. The molecule has 0 aromatic heterocycles. The molecule has 0 atom stereocenters. The first-order valence-electron chi connectivity index (χ1n) is 5.82. The standard InChI is InChI=1S/C14H15BrN4/c1-10-7-11(15)9-13(8-10)18-14(19-16)17-12-5-3-2-4-6-12/h2-9H,16H2,1H3,(H2,17,18,19). The lowest BCUT2D eigenvalue weighted by molar-refractivity contribution is 1.02. The van der Waals surface area contributed by atoms with Crippen molar-refractivity contribution in [1.29, 1.82) is 0 Å². The van der Waals surface area contributed by atoms with Gasteiger partial charge in [-0.05, 0) is 42.8 Å². The summed E-state index contributed by atoms with van der Waals surface area (Å²) in [7, 11) is 0. The number of aliphatic imine (C=N–C) groups is 1. The van der Waals surface area contributed by atoms with E-state index in [9.17, 15) is 0 Å². The first-order chi connectivity index (χ1) is 9.17. The number of aryl methyl sites for hydroxylation is 1. The fraction of sp³-hybridized carbons (Fsp3) is 0.0714. The van der Waals surface area contributed by atoms with Gasteiger partial charge >= 0.3 is 0 Å². The van der Waals surface area contributed by atoms with E-state index in [1.165, 1.54) is 0 Å². The third-order valence-electron chi connectivity index (χ3n) is 2.44. The topological polar surface area (TPSA) is 62.4 Å². The van der Waals surface area contributed by atoms with Gasteiger partial charge in [-0.25, -0.2) is 10.8 Å². The number of anilines is 1. The van der Waals surface area contributed by atoms with E-state index in [2.05, 4.69) is 31.7 Å². The van der Waals surface area contributed by atoms with Gasteiger partial charge < -0.3 is 5.32 Å². The first-order valence-corrected chi connectivity index (χ1v) is 6.61. The van der Waals surface area contributed by atoms with Crippen LogP contribution in [0, 0.1) is 6.92 Å². The molecule has 4 nitrogen and oxygen atoms in total. The van der Waals surface area contributed by atoms with Crippen molar-refractivity contribution in [2.45, 2.75) is 6.92 Å². The van der Waals surface area contributed by atoms with Crippen LogP contribution in [0.1, 0.15) is 5.56 Å². The Morgan fingerprint density at radius 3 is 2.53 bits per heavy atom. The Morgan fingerprint density at radius 1 is 1.16 bits per heavy atom. The molecule has 2 aromatic rings. The number of rotatable bonds is 2. The summed E-state index contributed by atoms with van der Waals surface area (Å²) in [6.07, 6.45) is 0. The van der Waals surface area contributed by atoms with Crippen molar-refractivity contribution in [3.63, 3.8) is 0 Å². The number of hydrazine groups is 1. The molecule has 0 fully saturated rings. The van der Waals surface area contributed by atoms with Gasteiger partial charge in [-0.2, -0.15) is 0 Å². The summed E-state index contributed by atoms with van der Waals surface area (Å²) in [5.41, 5.74) is 5.45. The number of nitrogens with two attached hydrogens (primary N) is 1. The number of hydrogen-bond acceptors (Lipinski definition) is 2. The largest absolute Gasteiger partial charge is 0.325 e. The number of para-hydroxylation sites is 1. The van der Waals surface area contributed by atoms with Gasteiger partial charge in [0.15, 0.2) is 0 Å². The average molecular weight is 319 g/mol.